The molecule has 2 amide bonds. The van der Waals surface area contributed by atoms with Gasteiger partial charge in [0.1, 0.15) is 5.82 Å². The second-order valence-electron chi connectivity index (χ2n) is 7.76. The first kappa shape index (κ1) is 18.7. The van der Waals surface area contributed by atoms with Crippen LogP contribution in [0.25, 0.3) is 0 Å². The largest absolute Gasteiger partial charge is 0.352 e. The Labute approximate surface area is 164 Å². The standard InChI is InChI=1S/C23H25FN2O2/c24-20-11-5-16(6-12-20)15-25-22(27)18-7-9-19(10-8-18)23(28)26-14-13-17-3-1-2-4-21(17)26/h1-6,11-12,18-19H,7-10,13-15H2,(H,25,27). The first-order valence-corrected chi connectivity index (χ1v) is 10.0. The zero-order chi connectivity index (χ0) is 19.5. The fourth-order valence-electron chi connectivity index (χ4n) is 4.33. The van der Waals surface area contributed by atoms with Crippen molar-refractivity contribution in [1.29, 1.82) is 0 Å². The number of para-hydroxylation sites is 1. The smallest absolute Gasteiger partial charge is 0.230 e. The molecule has 0 aromatic heterocycles. The summed E-state index contributed by atoms with van der Waals surface area (Å²) in [5.74, 6) is -0.0850. The van der Waals surface area contributed by atoms with E-state index in [2.05, 4.69) is 11.4 Å². The van der Waals surface area contributed by atoms with Crippen molar-refractivity contribution in [3.63, 3.8) is 0 Å². The topological polar surface area (TPSA) is 49.4 Å². The Morgan fingerprint density at radius 3 is 2.39 bits per heavy atom. The van der Waals surface area contributed by atoms with Crippen molar-refractivity contribution in [1.82, 2.24) is 5.32 Å². The molecule has 0 saturated heterocycles. The van der Waals surface area contributed by atoms with E-state index in [1.54, 1.807) is 12.1 Å². The molecule has 1 fully saturated rings. The molecule has 1 aliphatic carbocycles. The zero-order valence-corrected chi connectivity index (χ0v) is 15.9. The molecule has 0 unspecified atom stereocenters. The van der Waals surface area contributed by atoms with Crippen LogP contribution >= 0.6 is 0 Å². The van der Waals surface area contributed by atoms with Gasteiger partial charge in [0.25, 0.3) is 0 Å². The molecule has 0 atom stereocenters. The van der Waals surface area contributed by atoms with Gasteiger partial charge in [-0.1, -0.05) is 30.3 Å². The molecule has 1 saturated carbocycles. The molecule has 0 spiro atoms. The number of anilines is 1. The van der Waals surface area contributed by atoms with E-state index in [9.17, 15) is 14.0 Å². The molecular weight excluding hydrogens is 355 g/mol. The van der Waals surface area contributed by atoms with Crippen LogP contribution in [0.1, 0.15) is 36.8 Å². The Hall–Kier alpha value is -2.69. The summed E-state index contributed by atoms with van der Waals surface area (Å²) >= 11 is 0. The van der Waals surface area contributed by atoms with Crippen LogP contribution in [0, 0.1) is 17.7 Å². The Morgan fingerprint density at radius 2 is 1.64 bits per heavy atom. The first-order chi connectivity index (χ1) is 13.6. The lowest BCUT2D eigenvalue weighted by atomic mass is 9.81. The highest BCUT2D eigenvalue weighted by atomic mass is 19.1. The van der Waals surface area contributed by atoms with E-state index < -0.39 is 0 Å². The van der Waals surface area contributed by atoms with Crippen molar-refractivity contribution < 1.29 is 14.0 Å². The second kappa shape index (κ2) is 8.13. The fraction of sp³-hybridized carbons (Fsp3) is 0.391. The van der Waals surface area contributed by atoms with Gasteiger partial charge in [0.2, 0.25) is 11.8 Å². The van der Waals surface area contributed by atoms with Crippen LogP contribution in [0.5, 0.6) is 0 Å². The predicted molar refractivity (Wildman–Crippen MR) is 106 cm³/mol. The Balaban J connectivity index is 1.28. The normalized spacial score (nSPS) is 21.2. The highest BCUT2D eigenvalue weighted by Gasteiger charge is 2.34. The van der Waals surface area contributed by atoms with Crippen LogP contribution in [0.4, 0.5) is 10.1 Å². The van der Waals surface area contributed by atoms with Crippen LogP contribution in [0.15, 0.2) is 48.5 Å². The molecule has 4 nitrogen and oxygen atoms in total. The lowest BCUT2D eigenvalue weighted by Crippen LogP contribution is -2.39. The number of hydrogen-bond acceptors (Lipinski definition) is 2. The maximum Gasteiger partial charge on any atom is 0.230 e. The lowest BCUT2D eigenvalue weighted by Gasteiger charge is -2.30. The SMILES string of the molecule is O=C(NCc1ccc(F)cc1)C1CCC(C(=O)N2CCc3ccccc32)CC1. The summed E-state index contributed by atoms with van der Waals surface area (Å²) in [4.78, 5) is 27.4. The van der Waals surface area contributed by atoms with Gasteiger partial charge in [-0.05, 0) is 61.4 Å². The van der Waals surface area contributed by atoms with E-state index >= 15 is 0 Å². The van der Waals surface area contributed by atoms with Crippen molar-refractivity contribution in [2.75, 3.05) is 11.4 Å². The lowest BCUT2D eigenvalue weighted by molar-refractivity contribution is -0.129. The number of carbonyl (C=O) groups excluding carboxylic acids is 2. The van der Waals surface area contributed by atoms with Crippen LogP contribution < -0.4 is 10.2 Å². The second-order valence-corrected chi connectivity index (χ2v) is 7.76. The van der Waals surface area contributed by atoms with Crippen molar-refractivity contribution >= 4 is 17.5 Å². The molecule has 2 aliphatic rings. The van der Waals surface area contributed by atoms with Crippen molar-refractivity contribution in [2.24, 2.45) is 11.8 Å². The highest BCUT2D eigenvalue weighted by molar-refractivity contribution is 5.97. The fourth-order valence-corrected chi connectivity index (χ4v) is 4.33. The number of nitrogens with zero attached hydrogens (tertiary/aromatic N) is 1. The van der Waals surface area contributed by atoms with Crippen molar-refractivity contribution in [3.05, 3.63) is 65.5 Å². The van der Waals surface area contributed by atoms with E-state index in [1.165, 1.54) is 17.7 Å². The maximum absolute atomic E-state index is 13.0. The van der Waals surface area contributed by atoms with Gasteiger partial charge in [0, 0.05) is 30.6 Å². The predicted octanol–water partition coefficient (Wildman–Crippen LogP) is 3.84. The summed E-state index contributed by atoms with van der Waals surface area (Å²) < 4.78 is 13.0. The molecule has 5 heteroatoms. The monoisotopic (exact) mass is 380 g/mol. The Bertz CT molecular complexity index is 857. The van der Waals surface area contributed by atoms with E-state index in [0.29, 0.717) is 6.54 Å². The zero-order valence-electron chi connectivity index (χ0n) is 15.9. The van der Waals surface area contributed by atoms with Gasteiger partial charge in [-0.2, -0.15) is 0 Å². The number of fused-ring (bicyclic) bond motifs is 1. The number of benzene rings is 2. The molecule has 1 heterocycles. The van der Waals surface area contributed by atoms with Gasteiger partial charge in [-0.25, -0.2) is 4.39 Å². The molecule has 28 heavy (non-hydrogen) atoms. The molecule has 2 aromatic carbocycles. The number of carbonyl (C=O) groups is 2. The molecule has 0 radical (unpaired) electrons. The van der Waals surface area contributed by atoms with E-state index in [-0.39, 0.29) is 29.5 Å². The van der Waals surface area contributed by atoms with Gasteiger partial charge >= 0.3 is 0 Å². The summed E-state index contributed by atoms with van der Waals surface area (Å²) in [5.41, 5.74) is 3.17. The van der Waals surface area contributed by atoms with Crippen molar-refractivity contribution in [3.8, 4) is 0 Å². The molecule has 2 aromatic rings. The van der Waals surface area contributed by atoms with Gasteiger partial charge < -0.3 is 10.2 Å². The van der Waals surface area contributed by atoms with Crippen LogP contribution in [-0.2, 0) is 22.6 Å². The molecule has 4 rings (SSSR count). The summed E-state index contributed by atoms with van der Waals surface area (Å²) in [6.45, 7) is 1.17. The van der Waals surface area contributed by atoms with Crippen LogP contribution in [-0.4, -0.2) is 18.4 Å². The first-order valence-electron chi connectivity index (χ1n) is 10.0. The number of halogens is 1. The summed E-state index contributed by atoms with van der Waals surface area (Å²) in [6, 6.07) is 14.3. The maximum atomic E-state index is 13.0. The van der Waals surface area contributed by atoms with E-state index in [0.717, 1.165) is 49.9 Å². The number of hydrogen-bond donors (Lipinski definition) is 1. The quantitative estimate of drug-likeness (QED) is 0.876. The molecular formula is C23H25FN2O2. The van der Waals surface area contributed by atoms with Gasteiger partial charge in [0.15, 0.2) is 0 Å². The molecule has 1 aliphatic heterocycles. The molecule has 1 N–H and O–H groups in total. The number of rotatable bonds is 4. The Morgan fingerprint density at radius 1 is 0.964 bits per heavy atom. The minimum Gasteiger partial charge on any atom is -0.352 e. The minimum atomic E-state index is -0.279. The van der Waals surface area contributed by atoms with Gasteiger partial charge in [-0.15, -0.1) is 0 Å². The van der Waals surface area contributed by atoms with E-state index in [1.807, 2.05) is 23.1 Å². The summed E-state index contributed by atoms with van der Waals surface area (Å²) in [7, 11) is 0. The molecule has 0 bridgehead atoms. The van der Waals surface area contributed by atoms with Gasteiger partial charge in [0.05, 0.1) is 0 Å². The summed E-state index contributed by atoms with van der Waals surface area (Å²) in [5, 5.41) is 2.94. The van der Waals surface area contributed by atoms with Gasteiger partial charge in [-0.3, -0.25) is 9.59 Å². The Kier molecular flexibility index (Phi) is 5.42. The highest BCUT2D eigenvalue weighted by Crippen LogP contribution is 2.34. The third-order valence-electron chi connectivity index (χ3n) is 5.98. The van der Waals surface area contributed by atoms with Crippen LogP contribution in [0.2, 0.25) is 0 Å². The average Bonchev–Trinajstić information content (AvgIpc) is 3.17. The molecule has 146 valence electrons. The van der Waals surface area contributed by atoms with Crippen LogP contribution in [0.3, 0.4) is 0 Å². The summed E-state index contributed by atoms with van der Waals surface area (Å²) in [6.07, 6.45) is 3.91. The third kappa shape index (κ3) is 3.93. The number of amides is 2. The van der Waals surface area contributed by atoms with E-state index in [4.69, 9.17) is 0 Å². The number of nitrogens with one attached hydrogen (secondary N) is 1. The minimum absolute atomic E-state index is 0.00676. The van der Waals surface area contributed by atoms with Crippen molar-refractivity contribution in [2.45, 2.75) is 38.6 Å². The third-order valence-corrected chi connectivity index (χ3v) is 5.98. The average molecular weight is 380 g/mol.